The Morgan fingerprint density at radius 2 is 2.00 bits per heavy atom. The Hall–Kier alpha value is -1.41. The standard InChI is InChI=1S/C14H18N2/c1-14(2,3)13-6-4-5-10-9-16-11(8-15)7-12(10)13/h4-7,9H,8,15H2,1-3H3. The third-order valence-electron chi connectivity index (χ3n) is 2.84. The van der Waals surface area contributed by atoms with Crippen molar-refractivity contribution in [3.63, 3.8) is 0 Å². The molecule has 1 aromatic heterocycles. The molecule has 84 valence electrons. The van der Waals surface area contributed by atoms with Crippen LogP contribution < -0.4 is 5.73 Å². The lowest BCUT2D eigenvalue weighted by atomic mass is 9.84. The van der Waals surface area contributed by atoms with Crippen LogP contribution in [0.1, 0.15) is 32.0 Å². The highest BCUT2D eigenvalue weighted by molar-refractivity contribution is 5.86. The largest absolute Gasteiger partial charge is 0.325 e. The average molecular weight is 214 g/mol. The highest BCUT2D eigenvalue weighted by Gasteiger charge is 2.16. The van der Waals surface area contributed by atoms with Crippen LogP contribution in [0.3, 0.4) is 0 Å². The van der Waals surface area contributed by atoms with E-state index < -0.39 is 0 Å². The highest BCUT2D eigenvalue weighted by Crippen LogP contribution is 2.29. The number of nitrogens with zero attached hydrogens (tertiary/aromatic N) is 1. The molecule has 0 atom stereocenters. The molecule has 0 fully saturated rings. The first-order chi connectivity index (χ1) is 7.52. The number of fused-ring (bicyclic) bond motifs is 1. The fraction of sp³-hybridized carbons (Fsp3) is 0.357. The first-order valence-corrected chi connectivity index (χ1v) is 5.60. The summed E-state index contributed by atoms with van der Waals surface area (Å²) >= 11 is 0. The van der Waals surface area contributed by atoms with Crippen LogP contribution in [0.4, 0.5) is 0 Å². The number of aromatic nitrogens is 1. The van der Waals surface area contributed by atoms with Crippen molar-refractivity contribution in [2.45, 2.75) is 32.7 Å². The zero-order chi connectivity index (χ0) is 11.8. The Labute approximate surface area is 96.5 Å². The minimum absolute atomic E-state index is 0.146. The van der Waals surface area contributed by atoms with Crippen LogP contribution in [-0.2, 0) is 12.0 Å². The van der Waals surface area contributed by atoms with Crippen LogP contribution in [0.25, 0.3) is 10.8 Å². The van der Waals surface area contributed by atoms with Crippen LogP contribution in [0.15, 0.2) is 30.5 Å². The van der Waals surface area contributed by atoms with Gasteiger partial charge in [-0.25, -0.2) is 0 Å². The second-order valence-corrected chi connectivity index (χ2v) is 5.16. The number of rotatable bonds is 1. The number of pyridine rings is 1. The minimum atomic E-state index is 0.146. The predicted molar refractivity (Wildman–Crippen MR) is 68.3 cm³/mol. The molecule has 0 radical (unpaired) electrons. The summed E-state index contributed by atoms with van der Waals surface area (Å²) in [6.45, 7) is 7.17. The van der Waals surface area contributed by atoms with Crippen molar-refractivity contribution < 1.29 is 0 Å². The van der Waals surface area contributed by atoms with E-state index in [0.717, 1.165) is 5.69 Å². The maximum atomic E-state index is 5.64. The topological polar surface area (TPSA) is 38.9 Å². The molecular formula is C14H18N2. The fourth-order valence-electron chi connectivity index (χ4n) is 1.98. The summed E-state index contributed by atoms with van der Waals surface area (Å²) in [5, 5.41) is 2.45. The minimum Gasteiger partial charge on any atom is -0.325 e. The monoisotopic (exact) mass is 214 g/mol. The van der Waals surface area contributed by atoms with E-state index in [9.17, 15) is 0 Å². The molecule has 2 rings (SSSR count). The van der Waals surface area contributed by atoms with E-state index in [1.54, 1.807) is 0 Å². The van der Waals surface area contributed by atoms with Crippen molar-refractivity contribution in [3.8, 4) is 0 Å². The van der Waals surface area contributed by atoms with Gasteiger partial charge in [-0.2, -0.15) is 0 Å². The summed E-state index contributed by atoms with van der Waals surface area (Å²) in [6, 6.07) is 8.48. The van der Waals surface area contributed by atoms with Gasteiger partial charge in [0.05, 0.1) is 5.69 Å². The molecule has 2 aromatic rings. The third kappa shape index (κ3) is 1.93. The second-order valence-electron chi connectivity index (χ2n) is 5.16. The first kappa shape index (κ1) is 11.1. The van der Waals surface area contributed by atoms with Crippen molar-refractivity contribution >= 4 is 10.8 Å². The normalized spacial score (nSPS) is 12.0. The molecule has 0 aliphatic carbocycles. The van der Waals surface area contributed by atoms with Crippen LogP contribution >= 0.6 is 0 Å². The SMILES string of the molecule is CC(C)(C)c1cccc2cnc(CN)cc12. The van der Waals surface area contributed by atoms with Gasteiger partial charge in [-0.15, -0.1) is 0 Å². The molecule has 0 bridgehead atoms. The van der Waals surface area contributed by atoms with E-state index in [0.29, 0.717) is 6.54 Å². The van der Waals surface area contributed by atoms with Gasteiger partial charge in [0.25, 0.3) is 0 Å². The van der Waals surface area contributed by atoms with Gasteiger partial charge in [-0.3, -0.25) is 4.98 Å². The molecule has 0 unspecified atom stereocenters. The van der Waals surface area contributed by atoms with Gasteiger partial charge in [0.2, 0.25) is 0 Å². The maximum Gasteiger partial charge on any atom is 0.0545 e. The number of hydrogen-bond donors (Lipinski definition) is 1. The zero-order valence-electron chi connectivity index (χ0n) is 10.1. The molecule has 0 aliphatic heterocycles. The molecule has 0 saturated heterocycles. The Morgan fingerprint density at radius 1 is 1.25 bits per heavy atom. The van der Waals surface area contributed by atoms with E-state index >= 15 is 0 Å². The summed E-state index contributed by atoms with van der Waals surface area (Å²) in [6.07, 6.45) is 1.91. The van der Waals surface area contributed by atoms with Crippen LogP contribution in [0.2, 0.25) is 0 Å². The van der Waals surface area contributed by atoms with E-state index in [2.05, 4.69) is 50.0 Å². The van der Waals surface area contributed by atoms with Crippen molar-refractivity contribution in [2.24, 2.45) is 5.73 Å². The lowest BCUT2D eigenvalue weighted by Gasteiger charge is -2.21. The Balaban J connectivity index is 2.74. The molecule has 1 heterocycles. The second kappa shape index (κ2) is 3.87. The summed E-state index contributed by atoms with van der Waals surface area (Å²) in [7, 11) is 0. The van der Waals surface area contributed by atoms with Gasteiger partial charge in [-0.1, -0.05) is 39.0 Å². The van der Waals surface area contributed by atoms with E-state index in [4.69, 9.17) is 5.73 Å². The lowest BCUT2D eigenvalue weighted by Crippen LogP contribution is -2.12. The molecule has 2 nitrogen and oxygen atoms in total. The Bertz CT molecular complexity index is 510. The Morgan fingerprint density at radius 3 is 2.62 bits per heavy atom. The van der Waals surface area contributed by atoms with Gasteiger partial charge in [0.1, 0.15) is 0 Å². The number of benzene rings is 1. The summed E-state index contributed by atoms with van der Waals surface area (Å²) in [5.41, 5.74) is 8.08. The van der Waals surface area contributed by atoms with Crippen molar-refractivity contribution in [3.05, 3.63) is 41.7 Å². The smallest absolute Gasteiger partial charge is 0.0545 e. The van der Waals surface area contributed by atoms with Gasteiger partial charge >= 0.3 is 0 Å². The van der Waals surface area contributed by atoms with Crippen LogP contribution in [0, 0.1) is 0 Å². The molecule has 0 amide bonds. The molecule has 16 heavy (non-hydrogen) atoms. The third-order valence-corrected chi connectivity index (χ3v) is 2.84. The summed E-state index contributed by atoms with van der Waals surface area (Å²) in [5.74, 6) is 0. The molecule has 0 aliphatic rings. The first-order valence-electron chi connectivity index (χ1n) is 5.60. The molecule has 0 saturated carbocycles. The fourth-order valence-corrected chi connectivity index (χ4v) is 1.98. The summed E-state index contributed by atoms with van der Waals surface area (Å²) in [4.78, 5) is 4.32. The molecule has 2 heteroatoms. The highest BCUT2D eigenvalue weighted by atomic mass is 14.7. The van der Waals surface area contributed by atoms with E-state index in [1.807, 2.05) is 6.20 Å². The Kier molecular flexibility index (Phi) is 2.68. The molecular weight excluding hydrogens is 196 g/mol. The maximum absolute atomic E-state index is 5.64. The van der Waals surface area contributed by atoms with Crippen molar-refractivity contribution in [1.82, 2.24) is 4.98 Å². The van der Waals surface area contributed by atoms with E-state index in [1.165, 1.54) is 16.3 Å². The van der Waals surface area contributed by atoms with Crippen molar-refractivity contribution in [1.29, 1.82) is 0 Å². The van der Waals surface area contributed by atoms with Gasteiger partial charge in [0.15, 0.2) is 0 Å². The average Bonchev–Trinajstić information content (AvgIpc) is 2.26. The lowest BCUT2D eigenvalue weighted by molar-refractivity contribution is 0.596. The van der Waals surface area contributed by atoms with Gasteiger partial charge < -0.3 is 5.73 Å². The summed E-state index contributed by atoms with van der Waals surface area (Å²) < 4.78 is 0. The van der Waals surface area contributed by atoms with E-state index in [-0.39, 0.29) is 5.41 Å². The predicted octanol–water partition coefficient (Wildman–Crippen LogP) is 2.99. The molecule has 2 N–H and O–H groups in total. The van der Waals surface area contributed by atoms with Crippen LogP contribution in [-0.4, -0.2) is 4.98 Å². The number of hydrogen-bond acceptors (Lipinski definition) is 2. The number of nitrogens with two attached hydrogens (primary N) is 1. The quantitative estimate of drug-likeness (QED) is 0.792. The van der Waals surface area contributed by atoms with Gasteiger partial charge in [0, 0.05) is 18.1 Å². The van der Waals surface area contributed by atoms with Crippen LogP contribution in [0.5, 0.6) is 0 Å². The van der Waals surface area contributed by atoms with Gasteiger partial charge in [-0.05, 0) is 22.4 Å². The zero-order valence-corrected chi connectivity index (χ0v) is 10.1. The molecule has 0 spiro atoms. The molecule has 1 aromatic carbocycles. The van der Waals surface area contributed by atoms with Crippen molar-refractivity contribution in [2.75, 3.05) is 0 Å².